The van der Waals surface area contributed by atoms with Crippen molar-refractivity contribution in [2.24, 2.45) is 5.73 Å². The molecule has 0 saturated heterocycles. The van der Waals surface area contributed by atoms with Crippen molar-refractivity contribution in [1.29, 1.82) is 0 Å². The van der Waals surface area contributed by atoms with Crippen LogP contribution in [0, 0.1) is 0 Å². The molecule has 0 spiro atoms. The molecule has 12 heavy (non-hydrogen) atoms. The molecule has 6 heteroatoms. The van der Waals surface area contributed by atoms with Gasteiger partial charge in [-0.25, -0.2) is 19.4 Å². The Labute approximate surface area is 69.2 Å². The molecule has 0 aromatic rings. The second kappa shape index (κ2) is 4.68. The number of hydrogen-bond acceptors (Lipinski definition) is 6. The van der Waals surface area contributed by atoms with Gasteiger partial charge in [0.15, 0.2) is 6.10 Å². The monoisotopic (exact) mass is 177 g/mol. The second-order valence-corrected chi connectivity index (χ2v) is 2.27. The Balaban J connectivity index is 3.69. The predicted octanol–water partition coefficient (Wildman–Crippen LogP) is -1.28. The molecule has 0 aliphatic carbocycles. The molecule has 0 aromatic carbocycles. The standard InChI is InChI=1S/C6H11NO5/c1-3(7)5(9)11-12-6(10)4(2)8/h3-4,8H,7H2,1-2H3/t3-,4?/m1/s1. The fourth-order valence-electron chi connectivity index (χ4n) is 0.228. The lowest BCUT2D eigenvalue weighted by atomic mass is 10.4. The highest BCUT2D eigenvalue weighted by Gasteiger charge is 2.16. The molecular formula is C6H11NO5. The van der Waals surface area contributed by atoms with Crippen LogP contribution in [0.5, 0.6) is 0 Å². The van der Waals surface area contributed by atoms with Crippen LogP contribution >= 0.6 is 0 Å². The van der Waals surface area contributed by atoms with E-state index in [1.165, 1.54) is 13.8 Å². The Bertz CT molecular complexity index is 157. The van der Waals surface area contributed by atoms with Crippen LogP contribution in [0.3, 0.4) is 0 Å². The summed E-state index contributed by atoms with van der Waals surface area (Å²) in [6.07, 6.45) is -1.33. The highest BCUT2D eigenvalue weighted by Crippen LogP contribution is 1.90. The largest absolute Gasteiger partial charge is 0.383 e. The van der Waals surface area contributed by atoms with Crippen LogP contribution in [0.15, 0.2) is 0 Å². The minimum Gasteiger partial charge on any atom is -0.382 e. The summed E-state index contributed by atoms with van der Waals surface area (Å²) in [4.78, 5) is 28.9. The molecule has 0 bridgehead atoms. The lowest BCUT2D eigenvalue weighted by molar-refractivity contribution is -0.264. The van der Waals surface area contributed by atoms with Crippen molar-refractivity contribution in [2.75, 3.05) is 0 Å². The molecule has 0 aromatic heterocycles. The van der Waals surface area contributed by atoms with Crippen molar-refractivity contribution in [3.63, 3.8) is 0 Å². The first-order valence-corrected chi connectivity index (χ1v) is 3.31. The predicted molar refractivity (Wildman–Crippen MR) is 37.5 cm³/mol. The van der Waals surface area contributed by atoms with E-state index in [0.29, 0.717) is 0 Å². The number of aliphatic hydroxyl groups is 1. The number of rotatable bonds is 2. The topological polar surface area (TPSA) is 98.9 Å². The Morgan fingerprint density at radius 1 is 1.25 bits per heavy atom. The van der Waals surface area contributed by atoms with Gasteiger partial charge in [-0.3, -0.25) is 0 Å². The van der Waals surface area contributed by atoms with Crippen molar-refractivity contribution in [1.82, 2.24) is 0 Å². The summed E-state index contributed by atoms with van der Waals surface area (Å²) in [7, 11) is 0. The van der Waals surface area contributed by atoms with Crippen molar-refractivity contribution in [3.8, 4) is 0 Å². The molecule has 0 aliphatic rings. The highest BCUT2D eigenvalue weighted by molar-refractivity contribution is 5.77. The average Bonchev–Trinajstić information content (AvgIpc) is 1.98. The lowest BCUT2D eigenvalue weighted by Gasteiger charge is -2.05. The third-order valence-electron chi connectivity index (χ3n) is 0.919. The summed E-state index contributed by atoms with van der Waals surface area (Å²) in [6, 6.07) is -0.869. The third kappa shape index (κ3) is 3.89. The van der Waals surface area contributed by atoms with Crippen molar-refractivity contribution in [3.05, 3.63) is 0 Å². The zero-order valence-electron chi connectivity index (χ0n) is 6.81. The molecule has 0 saturated carbocycles. The Morgan fingerprint density at radius 3 is 2.00 bits per heavy atom. The highest BCUT2D eigenvalue weighted by atomic mass is 17.2. The summed E-state index contributed by atoms with van der Waals surface area (Å²) in [5.74, 6) is -1.91. The Kier molecular flexibility index (Phi) is 4.24. The van der Waals surface area contributed by atoms with E-state index in [0.717, 1.165) is 0 Å². The van der Waals surface area contributed by atoms with Gasteiger partial charge in [0, 0.05) is 0 Å². The van der Waals surface area contributed by atoms with Gasteiger partial charge in [0.05, 0.1) is 0 Å². The van der Waals surface area contributed by atoms with Gasteiger partial charge in [-0.1, -0.05) is 0 Å². The minimum absolute atomic E-state index is 0.869. The Morgan fingerprint density at radius 2 is 1.67 bits per heavy atom. The van der Waals surface area contributed by atoms with E-state index >= 15 is 0 Å². The van der Waals surface area contributed by atoms with Crippen LogP contribution in [0.1, 0.15) is 13.8 Å². The second-order valence-electron chi connectivity index (χ2n) is 2.27. The van der Waals surface area contributed by atoms with Crippen molar-refractivity contribution in [2.45, 2.75) is 26.0 Å². The third-order valence-corrected chi connectivity index (χ3v) is 0.919. The number of aliphatic hydroxyl groups excluding tert-OH is 1. The maximum Gasteiger partial charge on any atom is 0.383 e. The fraction of sp³-hybridized carbons (Fsp3) is 0.667. The van der Waals surface area contributed by atoms with Gasteiger partial charge in [0.1, 0.15) is 6.04 Å². The van der Waals surface area contributed by atoms with E-state index in [2.05, 4.69) is 9.78 Å². The van der Waals surface area contributed by atoms with Gasteiger partial charge >= 0.3 is 11.9 Å². The van der Waals surface area contributed by atoms with Crippen LogP contribution in [-0.4, -0.2) is 29.2 Å². The summed E-state index contributed by atoms with van der Waals surface area (Å²) >= 11 is 0. The maximum atomic E-state index is 10.6. The van der Waals surface area contributed by atoms with Crippen LogP contribution < -0.4 is 5.73 Å². The lowest BCUT2D eigenvalue weighted by Crippen LogP contribution is -2.31. The molecule has 0 amide bonds. The van der Waals surface area contributed by atoms with Crippen LogP contribution in [0.4, 0.5) is 0 Å². The van der Waals surface area contributed by atoms with E-state index in [-0.39, 0.29) is 0 Å². The van der Waals surface area contributed by atoms with E-state index in [9.17, 15) is 9.59 Å². The van der Waals surface area contributed by atoms with Crippen LogP contribution in [0.2, 0.25) is 0 Å². The van der Waals surface area contributed by atoms with E-state index in [4.69, 9.17) is 10.8 Å². The zero-order valence-corrected chi connectivity index (χ0v) is 6.81. The SMILES string of the molecule is CC(O)C(=O)OOC(=O)[C@@H](C)N. The smallest absolute Gasteiger partial charge is 0.382 e. The number of hydrogen-bond donors (Lipinski definition) is 2. The van der Waals surface area contributed by atoms with Gasteiger partial charge in [-0.15, -0.1) is 0 Å². The molecule has 0 aliphatic heterocycles. The first-order valence-electron chi connectivity index (χ1n) is 3.31. The van der Waals surface area contributed by atoms with Crippen molar-refractivity contribution >= 4 is 11.9 Å². The molecule has 1 unspecified atom stereocenters. The van der Waals surface area contributed by atoms with Crippen LogP contribution in [0.25, 0.3) is 0 Å². The minimum atomic E-state index is -1.33. The van der Waals surface area contributed by atoms with Gasteiger partial charge in [-0.05, 0) is 13.8 Å². The van der Waals surface area contributed by atoms with E-state index in [1.54, 1.807) is 0 Å². The summed E-state index contributed by atoms with van der Waals surface area (Å²) < 4.78 is 0. The average molecular weight is 177 g/mol. The first kappa shape index (κ1) is 10.9. The molecule has 2 atom stereocenters. The molecule has 0 rings (SSSR count). The Hall–Kier alpha value is -1.14. The van der Waals surface area contributed by atoms with Gasteiger partial charge in [0.25, 0.3) is 0 Å². The quantitative estimate of drug-likeness (QED) is 0.402. The van der Waals surface area contributed by atoms with Gasteiger partial charge < -0.3 is 10.8 Å². The van der Waals surface area contributed by atoms with E-state index in [1.807, 2.05) is 0 Å². The zero-order chi connectivity index (χ0) is 9.72. The number of carbonyl (C=O) groups excluding carboxylic acids is 2. The molecule has 6 nitrogen and oxygen atoms in total. The molecule has 0 fully saturated rings. The molecular weight excluding hydrogens is 166 g/mol. The fourth-order valence-corrected chi connectivity index (χ4v) is 0.228. The first-order chi connectivity index (χ1) is 5.45. The summed E-state index contributed by atoms with van der Waals surface area (Å²) in [6.45, 7) is 2.56. The van der Waals surface area contributed by atoms with Crippen LogP contribution in [-0.2, 0) is 19.4 Å². The summed E-state index contributed by atoms with van der Waals surface area (Å²) in [5, 5.41) is 8.58. The molecule has 3 N–H and O–H groups in total. The van der Waals surface area contributed by atoms with E-state index < -0.39 is 24.1 Å². The normalized spacial score (nSPS) is 14.7. The summed E-state index contributed by atoms with van der Waals surface area (Å²) in [5.41, 5.74) is 5.07. The number of nitrogens with two attached hydrogens (primary N) is 1. The molecule has 70 valence electrons. The maximum absolute atomic E-state index is 10.6. The number of carbonyl (C=O) groups is 2. The molecule has 0 radical (unpaired) electrons. The van der Waals surface area contributed by atoms with Gasteiger partial charge in [0.2, 0.25) is 0 Å². The molecule has 0 heterocycles. The van der Waals surface area contributed by atoms with Crippen molar-refractivity contribution < 1.29 is 24.5 Å². The van der Waals surface area contributed by atoms with Gasteiger partial charge in [-0.2, -0.15) is 0 Å².